The number of rotatable bonds is 5. The van der Waals surface area contributed by atoms with Crippen LogP contribution in [0.2, 0.25) is 5.82 Å². The Balaban J connectivity index is 0.000000913. The molecule has 0 spiro atoms. The maximum Gasteiger partial charge on any atom is 0.149 e. The average Bonchev–Trinajstić information content (AvgIpc) is 3.19. The summed E-state index contributed by atoms with van der Waals surface area (Å²) in [5.41, 5.74) is 2.74. The van der Waals surface area contributed by atoms with Crippen LogP contribution in [0.25, 0.3) is 10.9 Å². The number of aldehydes is 1. The lowest BCUT2D eigenvalue weighted by atomic mass is 9.47. The van der Waals surface area contributed by atoms with Gasteiger partial charge >= 0.3 is 0 Å². The lowest BCUT2D eigenvalue weighted by molar-refractivity contribution is -0.106. The van der Waals surface area contributed by atoms with E-state index < -0.39 is 11.3 Å². The van der Waals surface area contributed by atoms with Gasteiger partial charge in [0.25, 0.3) is 0 Å². The van der Waals surface area contributed by atoms with E-state index in [2.05, 4.69) is 21.5 Å². The molecule has 0 aliphatic carbocycles. The highest BCUT2D eigenvalue weighted by molar-refractivity contribution is 6.25. The summed E-state index contributed by atoms with van der Waals surface area (Å²) in [5.74, 6) is 0.412. The van der Waals surface area contributed by atoms with Crippen molar-refractivity contribution in [2.24, 2.45) is 11.8 Å². The van der Waals surface area contributed by atoms with E-state index >= 15 is 0 Å². The van der Waals surface area contributed by atoms with E-state index in [-0.39, 0.29) is 11.8 Å². The maximum absolute atomic E-state index is 11.9. The molecule has 1 fully saturated rings. The normalized spacial score (nSPS) is 27.7. The van der Waals surface area contributed by atoms with Crippen molar-refractivity contribution in [3.05, 3.63) is 41.3 Å². The summed E-state index contributed by atoms with van der Waals surface area (Å²) < 4.78 is 15.0. The number of aromatic nitrogens is 1. The van der Waals surface area contributed by atoms with Crippen LogP contribution in [0.5, 0.6) is 5.75 Å². The molecule has 1 saturated heterocycles. The summed E-state index contributed by atoms with van der Waals surface area (Å²) in [6, 6.07) is 5.97. The van der Waals surface area contributed by atoms with Crippen LogP contribution >= 0.6 is 0 Å². The van der Waals surface area contributed by atoms with Crippen molar-refractivity contribution in [2.45, 2.75) is 31.0 Å². The molecule has 2 aromatic rings. The van der Waals surface area contributed by atoms with Crippen LogP contribution in [0.3, 0.4) is 0 Å². The standard InChI is InChI=1S/C22H26B2N2O3.C2H6O/c1-4-13-10-26-9-8-15-19-16(6-5-7-17(19)29-3)25-21(15)22(26,24)20(23)18(13)14(11-27)12-28-2;1-3-2/h5-7,11-13,18,20,25H,4,8-10H2,1-3H3;1-2H3/b14-12-;. The van der Waals surface area contributed by atoms with Crippen molar-refractivity contribution in [3.63, 3.8) is 0 Å². The molecule has 4 atom stereocenters. The van der Waals surface area contributed by atoms with Gasteiger partial charge in [-0.25, -0.2) is 0 Å². The number of aromatic amines is 1. The first-order valence-corrected chi connectivity index (χ1v) is 11.0. The maximum atomic E-state index is 11.9. The summed E-state index contributed by atoms with van der Waals surface area (Å²) in [5, 5.41) is 1.07. The largest absolute Gasteiger partial charge is 0.504 e. The fraction of sp³-hybridized carbons (Fsp3) is 0.542. The van der Waals surface area contributed by atoms with Gasteiger partial charge in [0.2, 0.25) is 0 Å². The minimum atomic E-state index is -0.899. The molecule has 168 valence electrons. The van der Waals surface area contributed by atoms with E-state index in [4.69, 9.17) is 25.2 Å². The van der Waals surface area contributed by atoms with Gasteiger partial charge < -0.3 is 24.1 Å². The highest BCUT2D eigenvalue weighted by Crippen LogP contribution is 2.53. The number of carbonyl (C=O) groups excluding carboxylic acids is 1. The Morgan fingerprint density at radius 1 is 1.31 bits per heavy atom. The number of allylic oxidation sites excluding steroid dienone is 1. The predicted molar refractivity (Wildman–Crippen MR) is 128 cm³/mol. The first-order valence-electron chi connectivity index (χ1n) is 11.0. The highest BCUT2D eigenvalue weighted by Gasteiger charge is 2.52. The summed E-state index contributed by atoms with van der Waals surface area (Å²) in [4.78, 5) is 17.7. The smallest absolute Gasteiger partial charge is 0.149 e. The van der Waals surface area contributed by atoms with Gasteiger partial charge in [-0.05, 0) is 36.0 Å². The second kappa shape index (κ2) is 10.2. The first kappa shape index (κ1) is 24.5. The lowest BCUT2D eigenvalue weighted by Crippen LogP contribution is -2.61. The van der Waals surface area contributed by atoms with Crippen LogP contribution in [0.15, 0.2) is 30.0 Å². The molecule has 1 aromatic heterocycles. The third-order valence-electron chi connectivity index (χ3n) is 6.82. The number of fused-ring (bicyclic) bond motifs is 5. The van der Waals surface area contributed by atoms with Crippen molar-refractivity contribution >= 4 is 32.9 Å². The number of ether oxygens (including phenoxy) is 3. The molecule has 0 saturated carbocycles. The van der Waals surface area contributed by atoms with E-state index in [9.17, 15) is 4.79 Å². The molecule has 4 rings (SSSR count). The van der Waals surface area contributed by atoms with Crippen molar-refractivity contribution in [2.75, 3.05) is 41.5 Å². The Hall–Kier alpha value is -2.18. The van der Waals surface area contributed by atoms with Gasteiger partial charge in [0.1, 0.15) is 19.9 Å². The highest BCUT2D eigenvalue weighted by atomic mass is 16.5. The number of carbonyl (C=O) groups is 1. The molecule has 6 nitrogen and oxygen atoms in total. The van der Waals surface area contributed by atoms with Gasteiger partial charge in [0, 0.05) is 54.9 Å². The third kappa shape index (κ3) is 3.88. The van der Waals surface area contributed by atoms with Gasteiger partial charge in [-0.1, -0.05) is 25.2 Å². The molecule has 1 N–H and O–H groups in total. The Morgan fingerprint density at radius 3 is 2.62 bits per heavy atom. The van der Waals surface area contributed by atoms with Crippen LogP contribution in [-0.4, -0.2) is 73.4 Å². The fourth-order valence-electron chi connectivity index (χ4n) is 5.40. The molecular weight excluding hydrogens is 402 g/mol. The third-order valence-corrected chi connectivity index (χ3v) is 6.82. The number of H-pyrrole nitrogens is 1. The Kier molecular flexibility index (Phi) is 7.78. The molecule has 0 amide bonds. The molecule has 0 bridgehead atoms. The van der Waals surface area contributed by atoms with Crippen LogP contribution in [-0.2, 0) is 26.1 Å². The van der Waals surface area contributed by atoms with E-state index in [0.29, 0.717) is 5.57 Å². The van der Waals surface area contributed by atoms with E-state index in [1.54, 1.807) is 28.4 Å². The summed E-state index contributed by atoms with van der Waals surface area (Å²) in [6.07, 6.45) is 4.15. The van der Waals surface area contributed by atoms with Crippen LogP contribution in [0, 0.1) is 11.8 Å². The molecule has 2 aliphatic rings. The van der Waals surface area contributed by atoms with Crippen LogP contribution in [0.4, 0.5) is 0 Å². The number of methoxy groups -OCH3 is 3. The Labute approximate surface area is 193 Å². The van der Waals surface area contributed by atoms with E-state index in [1.807, 2.05) is 18.2 Å². The van der Waals surface area contributed by atoms with Gasteiger partial charge in [0.15, 0.2) is 0 Å². The molecule has 32 heavy (non-hydrogen) atoms. The second-order valence-electron chi connectivity index (χ2n) is 8.48. The van der Waals surface area contributed by atoms with Gasteiger partial charge in [-0.2, -0.15) is 0 Å². The summed E-state index contributed by atoms with van der Waals surface area (Å²) >= 11 is 0. The van der Waals surface area contributed by atoms with Crippen LogP contribution < -0.4 is 4.74 Å². The Bertz CT molecular complexity index is 976. The molecule has 3 heterocycles. The monoisotopic (exact) mass is 434 g/mol. The van der Waals surface area contributed by atoms with E-state index in [0.717, 1.165) is 60.1 Å². The average molecular weight is 434 g/mol. The first-order chi connectivity index (χ1) is 15.4. The molecule has 1 aromatic carbocycles. The number of nitrogens with zero attached hydrogens (tertiary/aromatic N) is 1. The van der Waals surface area contributed by atoms with Gasteiger partial charge in [0.05, 0.1) is 28.3 Å². The topological polar surface area (TPSA) is 63.8 Å². The predicted octanol–water partition coefficient (Wildman–Crippen LogP) is 2.96. The summed E-state index contributed by atoms with van der Waals surface area (Å²) in [6.45, 7) is 3.73. The van der Waals surface area contributed by atoms with Crippen molar-refractivity contribution < 1.29 is 19.0 Å². The minimum Gasteiger partial charge on any atom is -0.504 e. The Morgan fingerprint density at radius 2 is 2.03 bits per heavy atom. The molecule has 8 heteroatoms. The number of benzene rings is 1. The zero-order valence-corrected chi connectivity index (χ0v) is 19.7. The minimum absolute atomic E-state index is 0.182. The molecular formula is C24H32B2N2O4. The zero-order valence-electron chi connectivity index (χ0n) is 19.7. The SMILES string of the molecule is COC.[B]C1C(/C(C=O)=C\OC)C(CC)CN2CCc3c([nH]c4cccc(OC)c34)C12[B]. The fourth-order valence-corrected chi connectivity index (χ4v) is 5.40. The molecule has 2 aliphatic heterocycles. The van der Waals surface area contributed by atoms with Gasteiger partial charge in [-0.3, -0.25) is 4.79 Å². The van der Waals surface area contributed by atoms with Crippen LogP contribution in [0.1, 0.15) is 24.6 Å². The van der Waals surface area contributed by atoms with Crippen molar-refractivity contribution in [3.8, 4) is 5.75 Å². The number of piperidine rings is 1. The van der Waals surface area contributed by atoms with E-state index in [1.165, 1.54) is 6.26 Å². The quantitative estimate of drug-likeness (QED) is 0.340. The number of hydrogen-bond acceptors (Lipinski definition) is 5. The molecule has 4 radical (unpaired) electrons. The van der Waals surface area contributed by atoms with Gasteiger partial charge in [-0.15, -0.1) is 0 Å². The second-order valence-corrected chi connectivity index (χ2v) is 8.48. The van der Waals surface area contributed by atoms with Crippen molar-refractivity contribution in [1.29, 1.82) is 0 Å². The number of hydrogen-bond donors (Lipinski definition) is 1. The van der Waals surface area contributed by atoms with Crippen molar-refractivity contribution in [1.82, 2.24) is 9.88 Å². The number of nitrogens with one attached hydrogen (secondary N) is 1. The zero-order chi connectivity index (χ0) is 23.5. The summed E-state index contributed by atoms with van der Waals surface area (Å²) in [7, 11) is 20.5. The molecule has 4 unspecified atom stereocenters. The lowest BCUT2D eigenvalue weighted by Gasteiger charge is -2.58.